The van der Waals surface area contributed by atoms with Crippen LogP contribution in [0.1, 0.15) is 77.6 Å². The van der Waals surface area contributed by atoms with E-state index >= 15 is 0 Å². The SMILES string of the molecule is CCCCCCCCCCC(=O)ON1C(=O)CCC1=O.O=C1C=CC(=O)N1. The number of hydrogen-bond acceptors (Lipinski definition) is 6. The van der Waals surface area contributed by atoms with Crippen molar-refractivity contribution in [3.63, 3.8) is 0 Å². The molecule has 2 heterocycles. The lowest BCUT2D eigenvalue weighted by atomic mass is 10.1. The third kappa shape index (κ3) is 9.67. The summed E-state index contributed by atoms with van der Waals surface area (Å²) in [6.07, 6.45) is 12.1. The van der Waals surface area contributed by atoms with E-state index in [4.69, 9.17) is 4.84 Å². The molecule has 2 aliphatic heterocycles. The summed E-state index contributed by atoms with van der Waals surface area (Å²) in [5, 5.41) is 2.65. The van der Waals surface area contributed by atoms with Crippen LogP contribution in [0.5, 0.6) is 0 Å². The van der Waals surface area contributed by atoms with Crippen molar-refractivity contribution in [3.8, 4) is 0 Å². The molecule has 0 unspecified atom stereocenters. The van der Waals surface area contributed by atoms with Gasteiger partial charge in [0.25, 0.3) is 23.6 Å². The van der Waals surface area contributed by atoms with Crippen molar-refractivity contribution < 1.29 is 28.8 Å². The maximum absolute atomic E-state index is 11.5. The molecule has 150 valence electrons. The van der Waals surface area contributed by atoms with Crippen molar-refractivity contribution in [3.05, 3.63) is 12.2 Å². The second-order valence-corrected chi connectivity index (χ2v) is 6.46. The van der Waals surface area contributed by atoms with Crippen LogP contribution in [0.25, 0.3) is 0 Å². The standard InChI is InChI=1S/C15H25NO4.C4H3NO2/c1-2-3-4-5-6-7-8-9-10-15(19)20-16-13(17)11-12-14(16)18;6-3-1-2-4(7)5-3/h2-12H2,1H3;1-2H,(H,5,6,7). The molecule has 0 aromatic rings. The highest BCUT2D eigenvalue weighted by atomic mass is 16.7. The lowest BCUT2D eigenvalue weighted by Crippen LogP contribution is -2.31. The van der Waals surface area contributed by atoms with E-state index in [0.717, 1.165) is 19.3 Å². The zero-order chi connectivity index (χ0) is 20.1. The molecule has 1 N–H and O–H groups in total. The van der Waals surface area contributed by atoms with Crippen LogP contribution in [0, 0.1) is 0 Å². The Balaban J connectivity index is 0.000000433. The predicted molar refractivity (Wildman–Crippen MR) is 96.7 cm³/mol. The summed E-state index contributed by atoms with van der Waals surface area (Å²) in [6.45, 7) is 2.20. The second kappa shape index (κ2) is 12.8. The lowest BCUT2D eigenvalue weighted by Gasteiger charge is -2.12. The molecule has 27 heavy (non-hydrogen) atoms. The van der Waals surface area contributed by atoms with Crippen LogP contribution in [-0.4, -0.2) is 34.7 Å². The quantitative estimate of drug-likeness (QED) is 0.460. The van der Waals surface area contributed by atoms with Gasteiger partial charge in [0.2, 0.25) is 0 Å². The molecule has 2 aliphatic rings. The number of carbonyl (C=O) groups excluding carboxylic acids is 5. The number of imide groups is 2. The molecule has 0 aromatic carbocycles. The van der Waals surface area contributed by atoms with Crippen LogP contribution in [0.15, 0.2) is 12.2 Å². The second-order valence-electron chi connectivity index (χ2n) is 6.46. The van der Waals surface area contributed by atoms with Gasteiger partial charge in [0.15, 0.2) is 0 Å². The number of rotatable bonds is 10. The van der Waals surface area contributed by atoms with E-state index < -0.39 is 17.8 Å². The highest BCUT2D eigenvalue weighted by Gasteiger charge is 2.32. The molecule has 0 aliphatic carbocycles. The van der Waals surface area contributed by atoms with Gasteiger partial charge in [-0.3, -0.25) is 24.5 Å². The Morgan fingerprint density at radius 3 is 1.81 bits per heavy atom. The van der Waals surface area contributed by atoms with E-state index in [2.05, 4.69) is 6.92 Å². The average molecular weight is 380 g/mol. The fourth-order valence-electron chi connectivity index (χ4n) is 2.56. The topological polar surface area (TPSA) is 110 Å². The highest BCUT2D eigenvalue weighted by molar-refractivity contribution is 6.12. The number of hydrogen-bond donors (Lipinski definition) is 1. The van der Waals surface area contributed by atoms with Crippen LogP contribution in [0.4, 0.5) is 0 Å². The van der Waals surface area contributed by atoms with Crippen molar-refractivity contribution in [2.45, 2.75) is 77.6 Å². The van der Waals surface area contributed by atoms with E-state index in [0.29, 0.717) is 5.06 Å². The summed E-state index contributed by atoms with van der Waals surface area (Å²) in [6, 6.07) is 0. The van der Waals surface area contributed by atoms with Crippen molar-refractivity contribution in [1.29, 1.82) is 0 Å². The van der Waals surface area contributed by atoms with Crippen LogP contribution in [-0.2, 0) is 28.8 Å². The highest BCUT2D eigenvalue weighted by Crippen LogP contribution is 2.14. The number of amides is 4. The van der Waals surface area contributed by atoms with Crippen LogP contribution >= 0.6 is 0 Å². The molecule has 1 saturated heterocycles. The molecule has 1 fully saturated rings. The van der Waals surface area contributed by atoms with Gasteiger partial charge in [-0.1, -0.05) is 51.9 Å². The van der Waals surface area contributed by atoms with E-state index in [9.17, 15) is 24.0 Å². The van der Waals surface area contributed by atoms with Gasteiger partial charge in [0, 0.05) is 31.4 Å². The van der Waals surface area contributed by atoms with Crippen molar-refractivity contribution in [1.82, 2.24) is 10.4 Å². The van der Waals surface area contributed by atoms with Gasteiger partial charge >= 0.3 is 5.97 Å². The molecule has 0 radical (unpaired) electrons. The minimum Gasteiger partial charge on any atom is -0.330 e. The molecule has 8 nitrogen and oxygen atoms in total. The summed E-state index contributed by atoms with van der Waals surface area (Å²) in [5.74, 6) is -1.98. The van der Waals surface area contributed by atoms with Crippen molar-refractivity contribution in [2.24, 2.45) is 0 Å². The Kier molecular flexibility index (Phi) is 10.7. The van der Waals surface area contributed by atoms with Gasteiger partial charge in [0.1, 0.15) is 0 Å². The average Bonchev–Trinajstić information content (AvgIpc) is 3.16. The minimum atomic E-state index is -0.486. The molecule has 8 heteroatoms. The Morgan fingerprint density at radius 2 is 1.37 bits per heavy atom. The summed E-state index contributed by atoms with van der Waals surface area (Å²) in [4.78, 5) is 58.9. The number of unbranched alkanes of at least 4 members (excludes halogenated alkanes) is 7. The molecular formula is C19H28N2O6. The first kappa shape index (κ1) is 22.5. The predicted octanol–water partition coefficient (Wildman–Crippen LogP) is 2.32. The molecule has 4 amide bonds. The van der Waals surface area contributed by atoms with E-state index in [1.807, 2.05) is 5.32 Å². The summed E-state index contributed by atoms with van der Waals surface area (Å²) in [5.41, 5.74) is 0. The van der Waals surface area contributed by atoms with Gasteiger partial charge in [-0.05, 0) is 6.42 Å². The zero-order valence-corrected chi connectivity index (χ0v) is 15.8. The first-order chi connectivity index (χ1) is 12.9. The minimum absolute atomic E-state index is 0.143. The van der Waals surface area contributed by atoms with E-state index in [1.54, 1.807) is 0 Å². The molecule has 0 spiro atoms. The molecular weight excluding hydrogens is 352 g/mol. The van der Waals surface area contributed by atoms with E-state index in [1.165, 1.54) is 44.3 Å². The number of carbonyl (C=O) groups is 5. The smallest absolute Gasteiger partial charge is 0.330 e. The number of hydroxylamine groups is 2. The van der Waals surface area contributed by atoms with Crippen LogP contribution in [0.2, 0.25) is 0 Å². The molecule has 0 saturated carbocycles. The third-order valence-corrected chi connectivity index (χ3v) is 4.07. The van der Waals surface area contributed by atoms with Crippen LogP contribution < -0.4 is 5.32 Å². The molecule has 0 atom stereocenters. The maximum Gasteiger partial charge on any atom is 0.333 e. The largest absolute Gasteiger partial charge is 0.333 e. The normalized spacial score (nSPS) is 15.7. The van der Waals surface area contributed by atoms with Crippen molar-refractivity contribution in [2.75, 3.05) is 0 Å². The molecule has 0 bridgehead atoms. The van der Waals surface area contributed by atoms with Crippen molar-refractivity contribution >= 4 is 29.6 Å². The molecule has 2 rings (SSSR count). The Morgan fingerprint density at radius 1 is 0.889 bits per heavy atom. The fraction of sp³-hybridized carbons (Fsp3) is 0.632. The van der Waals surface area contributed by atoms with Gasteiger partial charge in [-0.25, -0.2) is 4.79 Å². The number of nitrogens with zero attached hydrogens (tertiary/aromatic N) is 1. The molecule has 0 aromatic heterocycles. The monoisotopic (exact) mass is 380 g/mol. The van der Waals surface area contributed by atoms with Gasteiger partial charge in [-0.15, -0.1) is 5.06 Å². The summed E-state index contributed by atoms with van der Waals surface area (Å²) >= 11 is 0. The summed E-state index contributed by atoms with van der Waals surface area (Å²) in [7, 11) is 0. The zero-order valence-electron chi connectivity index (χ0n) is 15.8. The Hall–Kier alpha value is -2.51. The number of nitrogens with one attached hydrogen (secondary N) is 1. The lowest BCUT2D eigenvalue weighted by molar-refractivity contribution is -0.197. The van der Waals surface area contributed by atoms with Gasteiger partial charge in [0.05, 0.1) is 0 Å². The van der Waals surface area contributed by atoms with Crippen LogP contribution in [0.3, 0.4) is 0 Å². The maximum atomic E-state index is 11.5. The summed E-state index contributed by atoms with van der Waals surface area (Å²) < 4.78 is 0. The Bertz CT molecular complexity index is 553. The van der Waals surface area contributed by atoms with Gasteiger partial charge in [-0.2, -0.15) is 0 Å². The fourth-order valence-corrected chi connectivity index (χ4v) is 2.56. The first-order valence-corrected chi connectivity index (χ1v) is 9.53. The Labute approximate surface area is 159 Å². The third-order valence-electron chi connectivity index (χ3n) is 4.07. The van der Waals surface area contributed by atoms with E-state index in [-0.39, 0.29) is 31.1 Å². The first-order valence-electron chi connectivity index (χ1n) is 9.53. The van der Waals surface area contributed by atoms with Gasteiger partial charge < -0.3 is 4.84 Å².